The molecule has 3 unspecified atom stereocenters. The summed E-state index contributed by atoms with van der Waals surface area (Å²) in [5.41, 5.74) is 0. The summed E-state index contributed by atoms with van der Waals surface area (Å²) in [5.74, 6) is 1.43. The van der Waals surface area contributed by atoms with E-state index >= 15 is 0 Å². The van der Waals surface area contributed by atoms with Crippen molar-refractivity contribution in [1.29, 1.82) is 0 Å². The van der Waals surface area contributed by atoms with Gasteiger partial charge in [0.1, 0.15) is 0 Å². The topological polar surface area (TPSA) is 61.4 Å². The van der Waals surface area contributed by atoms with Gasteiger partial charge in [0.05, 0.1) is 6.10 Å². The third-order valence-electron chi connectivity index (χ3n) is 4.18. The van der Waals surface area contributed by atoms with Crippen LogP contribution < -0.4 is 10.6 Å². The van der Waals surface area contributed by atoms with Crippen molar-refractivity contribution in [3.05, 3.63) is 0 Å². The van der Waals surface area contributed by atoms with E-state index in [1.165, 1.54) is 12.8 Å². The highest BCUT2D eigenvalue weighted by atomic mass is 35.5. The Morgan fingerprint density at radius 1 is 1.40 bits per heavy atom. The Kier molecular flexibility index (Phi) is 10.2. The van der Waals surface area contributed by atoms with Gasteiger partial charge in [-0.3, -0.25) is 4.79 Å². The average molecular weight is 307 g/mol. The fourth-order valence-corrected chi connectivity index (χ4v) is 2.59. The van der Waals surface area contributed by atoms with Gasteiger partial charge >= 0.3 is 0 Å². The fourth-order valence-electron chi connectivity index (χ4n) is 2.59. The number of aliphatic hydroxyl groups is 1. The number of rotatable bonds is 7. The lowest BCUT2D eigenvalue weighted by molar-refractivity contribution is -0.122. The van der Waals surface area contributed by atoms with Crippen LogP contribution in [0.5, 0.6) is 0 Å². The molecule has 0 aromatic carbocycles. The van der Waals surface area contributed by atoms with E-state index in [-0.39, 0.29) is 30.3 Å². The van der Waals surface area contributed by atoms with Crippen molar-refractivity contribution in [2.24, 2.45) is 17.8 Å². The summed E-state index contributed by atoms with van der Waals surface area (Å²) >= 11 is 0. The number of halogens is 1. The van der Waals surface area contributed by atoms with Gasteiger partial charge in [-0.1, -0.05) is 20.8 Å². The van der Waals surface area contributed by atoms with Crippen molar-refractivity contribution >= 4 is 18.3 Å². The lowest BCUT2D eigenvalue weighted by atomic mass is 9.85. The van der Waals surface area contributed by atoms with E-state index in [0.29, 0.717) is 31.2 Å². The summed E-state index contributed by atoms with van der Waals surface area (Å²) in [4.78, 5) is 11.8. The van der Waals surface area contributed by atoms with Crippen molar-refractivity contribution < 1.29 is 9.90 Å². The van der Waals surface area contributed by atoms with Crippen molar-refractivity contribution in [3.63, 3.8) is 0 Å². The molecule has 0 radical (unpaired) electrons. The Morgan fingerprint density at radius 2 is 2.10 bits per heavy atom. The van der Waals surface area contributed by atoms with Gasteiger partial charge in [-0.2, -0.15) is 0 Å². The van der Waals surface area contributed by atoms with Gasteiger partial charge in [0, 0.05) is 13.0 Å². The molecule has 5 heteroatoms. The molecule has 1 aliphatic heterocycles. The molecule has 120 valence electrons. The summed E-state index contributed by atoms with van der Waals surface area (Å²) in [6, 6.07) is 0. The standard InChI is InChI=1S/C15H30N2O2.ClH/c1-11(2)14(18)6-8-17-15(19)9-12(3)13-5-4-7-16-10-13;/h11-14,16,18H,4-10H2,1-3H3,(H,17,19);1H. The first kappa shape index (κ1) is 19.7. The second kappa shape index (κ2) is 10.4. The summed E-state index contributed by atoms with van der Waals surface area (Å²) in [5, 5.41) is 16.0. The summed E-state index contributed by atoms with van der Waals surface area (Å²) in [7, 11) is 0. The molecule has 4 nitrogen and oxygen atoms in total. The van der Waals surface area contributed by atoms with E-state index < -0.39 is 0 Å². The zero-order valence-electron chi connectivity index (χ0n) is 13.0. The van der Waals surface area contributed by atoms with Gasteiger partial charge < -0.3 is 15.7 Å². The SMILES string of the molecule is CC(C)C(O)CCNC(=O)CC(C)C1CCCNC1.Cl. The molecule has 0 aromatic heterocycles. The first-order valence-electron chi connectivity index (χ1n) is 7.66. The highest BCUT2D eigenvalue weighted by Gasteiger charge is 2.21. The Morgan fingerprint density at radius 3 is 2.65 bits per heavy atom. The number of carbonyl (C=O) groups is 1. The largest absolute Gasteiger partial charge is 0.393 e. The van der Waals surface area contributed by atoms with Gasteiger partial charge in [0.25, 0.3) is 0 Å². The van der Waals surface area contributed by atoms with Crippen molar-refractivity contribution in [1.82, 2.24) is 10.6 Å². The second-order valence-corrected chi connectivity index (χ2v) is 6.24. The number of hydrogen-bond acceptors (Lipinski definition) is 3. The Labute approximate surface area is 129 Å². The summed E-state index contributed by atoms with van der Waals surface area (Å²) < 4.78 is 0. The van der Waals surface area contributed by atoms with Gasteiger partial charge in [-0.25, -0.2) is 0 Å². The van der Waals surface area contributed by atoms with E-state index in [9.17, 15) is 9.90 Å². The maximum Gasteiger partial charge on any atom is 0.220 e. The van der Waals surface area contributed by atoms with E-state index in [2.05, 4.69) is 17.6 Å². The molecule has 0 aromatic rings. The van der Waals surface area contributed by atoms with Crippen LogP contribution >= 0.6 is 12.4 Å². The minimum absolute atomic E-state index is 0. The third kappa shape index (κ3) is 7.46. The van der Waals surface area contributed by atoms with E-state index in [1.807, 2.05) is 13.8 Å². The molecule has 1 rings (SSSR count). The maximum atomic E-state index is 11.8. The first-order valence-corrected chi connectivity index (χ1v) is 7.66. The number of amides is 1. The number of aliphatic hydroxyl groups excluding tert-OH is 1. The highest BCUT2D eigenvalue weighted by Crippen LogP contribution is 2.22. The quantitative estimate of drug-likeness (QED) is 0.674. The van der Waals surface area contributed by atoms with E-state index in [1.54, 1.807) is 0 Å². The average Bonchev–Trinajstić information content (AvgIpc) is 2.39. The third-order valence-corrected chi connectivity index (χ3v) is 4.18. The highest BCUT2D eigenvalue weighted by molar-refractivity contribution is 5.85. The minimum atomic E-state index is -0.319. The van der Waals surface area contributed by atoms with Crippen molar-refractivity contribution in [2.75, 3.05) is 19.6 Å². The summed E-state index contributed by atoms with van der Waals surface area (Å²) in [6.45, 7) is 8.88. The predicted molar refractivity (Wildman–Crippen MR) is 85.1 cm³/mol. The molecule has 1 amide bonds. The van der Waals surface area contributed by atoms with Crippen LogP contribution in [0.15, 0.2) is 0 Å². The second-order valence-electron chi connectivity index (χ2n) is 6.24. The van der Waals surface area contributed by atoms with Crippen LogP contribution in [0.2, 0.25) is 0 Å². The maximum absolute atomic E-state index is 11.8. The monoisotopic (exact) mass is 306 g/mol. The van der Waals surface area contributed by atoms with Crippen LogP contribution in [0.25, 0.3) is 0 Å². The van der Waals surface area contributed by atoms with Crippen molar-refractivity contribution in [2.45, 2.75) is 52.6 Å². The number of carbonyl (C=O) groups excluding carboxylic acids is 1. The smallest absolute Gasteiger partial charge is 0.220 e. The molecule has 0 spiro atoms. The van der Waals surface area contributed by atoms with Crippen LogP contribution in [-0.4, -0.2) is 36.8 Å². The van der Waals surface area contributed by atoms with Gasteiger partial charge in [-0.05, 0) is 50.1 Å². The molecule has 0 aliphatic carbocycles. The van der Waals surface area contributed by atoms with Crippen LogP contribution in [0.3, 0.4) is 0 Å². The molecule has 0 saturated carbocycles. The molecule has 3 atom stereocenters. The molecule has 1 aliphatic rings. The summed E-state index contributed by atoms with van der Waals surface area (Å²) in [6.07, 6.45) is 3.37. The number of piperidine rings is 1. The molecule has 3 N–H and O–H groups in total. The van der Waals surface area contributed by atoms with Crippen LogP contribution in [0, 0.1) is 17.8 Å². The van der Waals surface area contributed by atoms with Gasteiger partial charge in [0.2, 0.25) is 5.91 Å². The van der Waals surface area contributed by atoms with Gasteiger partial charge in [-0.15, -0.1) is 12.4 Å². The molecular formula is C15H31ClN2O2. The number of hydrogen-bond donors (Lipinski definition) is 3. The van der Waals surface area contributed by atoms with Gasteiger partial charge in [0.15, 0.2) is 0 Å². The molecule has 1 heterocycles. The van der Waals surface area contributed by atoms with Crippen LogP contribution in [0.4, 0.5) is 0 Å². The molecule has 1 saturated heterocycles. The number of nitrogens with one attached hydrogen (secondary N) is 2. The molecule has 20 heavy (non-hydrogen) atoms. The zero-order valence-corrected chi connectivity index (χ0v) is 13.8. The Balaban J connectivity index is 0.00000361. The Hall–Kier alpha value is -0.320. The van der Waals surface area contributed by atoms with Crippen LogP contribution in [0.1, 0.15) is 46.5 Å². The fraction of sp³-hybridized carbons (Fsp3) is 0.933. The van der Waals surface area contributed by atoms with E-state index in [0.717, 1.165) is 13.1 Å². The zero-order chi connectivity index (χ0) is 14.3. The van der Waals surface area contributed by atoms with Crippen molar-refractivity contribution in [3.8, 4) is 0 Å². The van der Waals surface area contributed by atoms with E-state index in [4.69, 9.17) is 0 Å². The molecule has 0 bridgehead atoms. The lowest BCUT2D eigenvalue weighted by Gasteiger charge is -2.28. The molecular weight excluding hydrogens is 276 g/mol. The van der Waals surface area contributed by atoms with Crippen LogP contribution in [-0.2, 0) is 4.79 Å². The normalized spacial score (nSPS) is 21.9. The minimum Gasteiger partial charge on any atom is -0.393 e. The first-order chi connectivity index (χ1) is 9.00. The lowest BCUT2D eigenvalue weighted by Crippen LogP contribution is -2.36. The Bertz CT molecular complexity index is 269. The predicted octanol–water partition coefficient (Wildman–Crippen LogP) is 1.96. The molecule has 1 fully saturated rings.